The molecule has 4 aliphatic carbocycles. The Hall–Kier alpha value is -1.80. The van der Waals surface area contributed by atoms with E-state index in [4.69, 9.17) is 21.3 Å². The molecule has 4 bridgehead atoms. The number of ether oxygens (including phenoxy) is 1. The average Bonchev–Trinajstić information content (AvgIpc) is 2.90. The summed E-state index contributed by atoms with van der Waals surface area (Å²) >= 11 is 7.14. The first-order chi connectivity index (χ1) is 19.0. The van der Waals surface area contributed by atoms with Gasteiger partial charge in [0.1, 0.15) is 5.75 Å². The predicted molar refractivity (Wildman–Crippen MR) is 167 cm³/mol. The van der Waals surface area contributed by atoms with Gasteiger partial charge in [0.2, 0.25) is 0 Å². The van der Waals surface area contributed by atoms with Crippen molar-refractivity contribution in [2.24, 2.45) is 16.8 Å². The number of rotatable bonds is 15. The van der Waals surface area contributed by atoms with Gasteiger partial charge in [0.15, 0.2) is 0 Å². The molecule has 2 aromatic rings. The fourth-order valence-corrected chi connectivity index (χ4v) is 8.83. The zero-order chi connectivity index (χ0) is 27.1. The minimum absolute atomic E-state index is 0.0375. The van der Waals surface area contributed by atoms with Gasteiger partial charge in [-0.25, -0.2) is 0 Å². The van der Waals surface area contributed by atoms with Gasteiger partial charge >= 0.3 is 0 Å². The molecule has 2 nitrogen and oxygen atoms in total. The molecule has 0 aliphatic heterocycles. The number of hydrogen-bond acceptors (Lipinski definition) is 2. The van der Waals surface area contributed by atoms with Gasteiger partial charge < -0.3 is 4.74 Å². The third kappa shape index (κ3) is 7.49. The molecule has 2 unspecified atom stereocenters. The van der Waals surface area contributed by atoms with Crippen molar-refractivity contribution >= 4 is 23.5 Å². The number of alkyl halides is 1. The number of aliphatic imine (C=N–C) groups is 1. The summed E-state index contributed by atoms with van der Waals surface area (Å²) in [5, 5.41) is 0. The lowest BCUT2D eigenvalue weighted by atomic mass is 9.47. The van der Waals surface area contributed by atoms with Crippen LogP contribution < -0.4 is 4.74 Å². The normalized spacial score (nSPS) is 27.5. The van der Waals surface area contributed by atoms with E-state index in [1.807, 2.05) is 6.21 Å². The van der Waals surface area contributed by atoms with Crippen LogP contribution in [0.1, 0.15) is 126 Å². The predicted octanol–water partition coefficient (Wildman–Crippen LogP) is 10.9. The summed E-state index contributed by atoms with van der Waals surface area (Å²) in [6.45, 7) is 5.26. The summed E-state index contributed by atoms with van der Waals surface area (Å²) in [4.78, 5) is 4.98. The van der Waals surface area contributed by atoms with Crippen LogP contribution in [0.4, 0.5) is 5.69 Å². The molecule has 3 heteroatoms. The van der Waals surface area contributed by atoms with E-state index in [9.17, 15) is 0 Å². The first-order valence-electron chi connectivity index (χ1n) is 16.0. The zero-order valence-corrected chi connectivity index (χ0v) is 25.3. The maximum absolute atomic E-state index is 7.14. The van der Waals surface area contributed by atoms with Gasteiger partial charge in [0.05, 0.1) is 12.3 Å². The molecule has 4 aliphatic rings. The van der Waals surface area contributed by atoms with E-state index in [1.165, 1.54) is 101 Å². The van der Waals surface area contributed by atoms with Crippen LogP contribution in [-0.2, 0) is 5.41 Å². The second-order valence-corrected chi connectivity index (χ2v) is 14.1. The minimum Gasteiger partial charge on any atom is -0.494 e. The number of halogens is 1. The van der Waals surface area contributed by atoms with Gasteiger partial charge in [-0.15, -0.1) is 11.6 Å². The maximum Gasteiger partial charge on any atom is 0.119 e. The topological polar surface area (TPSA) is 21.6 Å². The van der Waals surface area contributed by atoms with Gasteiger partial charge in [-0.05, 0) is 116 Å². The van der Waals surface area contributed by atoms with Gasteiger partial charge in [0.25, 0.3) is 0 Å². The van der Waals surface area contributed by atoms with Crippen LogP contribution >= 0.6 is 11.6 Å². The second kappa shape index (κ2) is 13.2. The molecule has 0 radical (unpaired) electrons. The van der Waals surface area contributed by atoms with Gasteiger partial charge in [0, 0.05) is 11.1 Å². The van der Waals surface area contributed by atoms with E-state index in [0.29, 0.717) is 0 Å². The molecule has 4 saturated carbocycles. The van der Waals surface area contributed by atoms with E-state index >= 15 is 0 Å². The van der Waals surface area contributed by atoms with E-state index in [0.717, 1.165) is 48.3 Å². The maximum atomic E-state index is 7.14. The summed E-state index contributed by atoms with van der Waals surface area (Å²) in [6.07, 6.45) is 23.1. The van der Waals surface area contributed by atoms with Crippen LogP contribution in [0, 0.1) is 18.8 Å². The highest BCUT2D eigenvalue weighted by Crippen LogP contribution is 2.64. The third-order valence-electron chi connectivity index (χ3n) is 9.81. The van der Waals surface area contributed by atoms with Gasteiger partial charge in [-0.3, -0.25) is 4.99 Å². The lowest BCUT2D eigenvalue weighted by Crippen LogP contribution is -2.55. The Labute approximate surface area is 243 Å². The van der Waals surface area contributed by atoms with E-state index in [2.05, 4.69) is 56.3 Å². The smallest absolute Gasteiger partial charge is 0.119 e. The molecule has 4 fully saturated rings. The first-order valence-corrected chi connectivity index (χ1v) is 16.4. The highest BCUT2D eigenvalue weighted by atomic mass is 35.5. The van der Waals surface area contributed by atoms with Crippen molar-refractivity contribution in [3.63, 3.8) is 0 Å². The third-order valence-corrected chi connectivity index (χ3v) is 10.3. The monoisotopic (exact) mass is 547 g/mol. The summed E-state index contributed by atoms with van der Waals surface area (Å²) in [6, 6.07) is 15.4. The Balaban J connectivity index is 1.08. The highest BCUT2D eigenvalue weighted by molar-refractivity contribution is 6.24. The summed E-state index contributed by atoms with van der Waals surface area (Å²) < 4.78 is 6.00. The standard InChI is InChI=1S/C36H50ClNO/c1-3-4-5-6-7-8-9-10-11-12-19-39-33-17-14-29(15-18-33)26-38-34-21-32(16-13-28(34)2)35-22-30-20-31(23-35)25-36(37,24-30)27-35/h13-18,21,26,30-31H,3-12,19-20,22-25,27H2,1-2H3. The van der Waals surface area contributed by atoms with Gasteiger partial charge in [-0.2, -0.15) is 0 Å². The zero-order valence-electron chi connectivity index (χ0n) is 24.5. The van der Waals surface area contributed by atoms with Crippen LogP contribution in [-0.4, -0.2) is 17.7 Å². The largest absolute Gasteiger partial charge is 0.494 e. The molecular formula is C36H50ClNO. The molecule has 39 heavy (non-hydrogen) atoms. The Morgan fingerprint density at radius 3 is 2.13 bits per heavy atom. The number of benzene rings is 2. The Kier molecular flexibility index (Phi) is 9.75. The van der Waals surface area contributed by atoms with Crippen LogP contribution in [0.15, 0.2) is 47.5 Å². The van der Waals surface area contributed by atoms with E-state index < -0.39 is 0 Å². The van der Waals surface area contributed by atoms with Crippen molar-refractivity contribution in [1.82, 2.24) is 0 Å². The minimum atomic E-state index is 0.0375. The molecule has 0 saturated heterocycles. The summed E-state index contributed by atoms with van der Waals surface area (Å²) in [5.41, 5.74) is 5.16. The molecule has 0 spiro atoms. The van der Waals surface area contributed by atoms with E-state index in [-0.39, 0.29) is 10.3 Å². The summed E-state index contributed by atoms with van der Waals surface area (Å²) in [5.74, 6) is 2.57. The molecule has 2 atom stereocenters. The molecule has 212 valence electrons. The Morgan fingerprint density at radius 1 is 0.846 bits per heavy atom. The second-order valence-electron chi connectivity index (χ2n) is 13.3. The molecule has 2 aromatic carbocycles. The SMILES string of the molecule is CCCCCCCCCCCCOc1ccc(C=Nc2cc(C34CC5CC(CC(Cl)(C5)C3)C4)ccc2C)cc1. The number of aryl methyl sites for hydroxylation is 1. The number of hydrogen-bond donors (Lipinski definition) is 0. The molecule has 6 rings (SSSR count). The molecule has 0 heterocycles. The fourth-order valence-electron chi connectivity index (χ4n) is 8.14. The van der Waals surface area contributed by atoms with Crippen molar-refractivity contribution in [2.75, 3.05) is 6.61 Å². The lowest BCUT2D eigenvalue weighted by molar-refractivity contribution is 0.00900. The van der Waals surface area contributed by atoms with Crippen molar-refractivity contribution in [3.05, 3.63) is 59.2 Å². The quantitative estimate of drug-likeness (QED) is 0.123. The average molecular weight is 548 g/mol. The van der Waals surface area contributed by atoms with Crippen LogP contribution in [0.5, 0.6) is 5.75 Å². The van der Waals surface area contributed by atoms with Crippen LogP contribution in [0.3, 0.4) is 0 Å². The highest BCUT2D eigenvalue weighted by Gasteiger charge is 2.57. The van der Waals surface area contributed by atoms with Crippen molar-refractivity contribution < 1.29 is 4.74 Å². The molecular weight excluding hydrogens is 498 g/mol. The lowest BCUT2D eigenvalue weighted by Gasteiger charge is -2.60. The van der Waals surface area contributed by atoms with E-state index in [1.54, 1.807) is 0 Å². The first kappa shape index (κ1) is 28.7. The molecule has 0 N–H and O–H groups in total. The summed E-state index contributed by atoms with van der Waals surface area (Å²) in [7, 11) is 0. The van der Waals surface area contributed by atoms with Crippen molar-refractivity contribution in [2.45, 2.75) is 127 Å². The van der Waals surface area contributed by atoms with Crippen molar-refractivity contribution in [1.29, 1.82) is 0 Å². The Morgan fingerprint density at radius 2 is 1.49 bits per heavy atom. The number of unbranched alkanes of at least 4 members (excludes halogenated alkanes) is 9. The molecule has 0 amide bonds. The fraction of sp³-hybridized carbons (Fsp3) is 0.639. The molecule has 0 aromatic heterocycles. The van der Waals surface area contributed by atoms with Crippen LogP contribution in [0.2, 0.25) is 0 Å². The van der Waals surface area contributed by atoms with Crippen LogP contribution in [0.25, 0.3) is 0 Å². The Bertz CT molecular complexity index is 1080. The van der Waals surface area contributed by atoms with Crippen molar-refractivity contribution in [3.8, 4) is 5.75 Å². The number of nitrogens with zero attached hydrogens (tertiary/aromatic N) is 1. The van der Waals surface area contributed by atoms with Gasteiger partial charge in [-0.1, -0.05) is 76.8 Å².